The zero-order valence-electron chi connectivity index (χ0n) is 12.4. The molecule has 0 aliphatic heterocycles. The summed E-state index contributed by atoms with van der Waals surface area (Å²) in [6.07, 6.45) is -0.109. The van der Waals surface area contributed by atoms with Crippen molar-refractivity contribution < 1.29 is 27.5 Å². The predicted octanol–water partition coefficient (Wildman–Crippen LogP) is 1.35. The topological polar surface area (TPSA) is 86.7 Å². The van der Waals surface area contributed by atoms with Crippen molar-refractivity contribution >= 4 is 21.8 Å². The van der Waals surface area contributed by atoms with Gasteiger partial charge in [0.2, 0.25) is 0 Å². The molecule has 0 bridgehead atoms. The zero-order chi connectivity index (χ0) is 16.4. The molecule has 0 N–H and O–H groups in total. The predicted molar refractivity (Wildman–Crippen MR) is 77.7 cm³/mol. The van der Waals surface area contributed by atoms with Crippen molar-refractivity contribution in [3.05, 3.63) is 30.3 Å². The van der Waals surface area contributed by atoms with Gasteiger partial charge in [0, 0.05) is 0 Å². The molecule has 1 fully saturated rings. The van der Waals surface area contributed by atoms with Crippen molar-refractivity contribution in [2.24, 2.45) is 5.41 Å². The van der Waals surface area contributed by atoms with Gasteiger partial charge in [-0.2, -0.15) is 0 Å². The molecule has 7 heteroatoms. The molecule has 22 heavy (non-hydrogen) atoms. The lowest BCUT2D eigenvalue weighted by atomic mass is 10.1. The van der Waals surface area contributed by atoms with Gasteiger partial charge in [-0.05, 0) is 32.4 Å². The van der Waals surface area contributed by atoms with Crippen molar-refractivity contribution in [2.45, 2.75) is 30.4 Å². The molecule has 2 rings (SSSR count). The summed E-state index contributed by atoms with van der Waals surface area (Å²) in [7, 11) is -3.80. The molecule has 1 aliphatic carbocycles. The normalized spacial score (nSPS) is 19.3. The van der Waals surface area contributed by atoms with Crippen molar-refractivity contribution in [3.63, 3.8) is 0 Å². The van der Waals surface area contributed by atoms with Gasteiger partial charge in [0.1, 0.15) is 0 Å². The second-order valence-electron chi connectivity index (χ2n) is 4.96. The van der Waals surface area contributed by atoms with Crippen molar-refractivity contribution in [1.82, 2.24) is 0 Å². The summed E-state index contributed by atoms with van der Waals surface area (Å²) in [6.45, 7) is 3.33. The molecule has 0 heterocycles. The summed E-state index contributed by atoms with van der Waals surface area (Å²) < 4.78 is 35.0. The number of hydrogen-bond acceptors (Lipinski definition) is 6. The first-order valence-corrected chi connectivity index (χ1v) is 8.59. The average molecular weight is 326 g/mol. The molecular weight excluding hydrogens is 308 g/mol. The number of rotatable bonds is 6. The number of carbonyl (C=O) groups is 2. The molecular formula is C15H18O6S. The van der Waals surface area contributed by atoms with E-state index in [2.05, 4.69) is 0 Å². The van der Waals surface area contributed by atoms with E-state index in [9.17, 15) is 18.0 Å². The van der Waals surface area contributed by atoms with Crippen molar-refractivity contribution in [2.75, 3.05) is 13.2 Å². The Hall–Kier alpha value is -1.89. The molecule has 1 aromatic rings. The number of hydrogen-bond donors (Lipinski definition) is 0. The molecule has 120 valence electrons. The van der Waals surface area contributed by atoms with Crippen LogP contribution in [0.2, 0.25) is 0 Å². The molecule has 0 spiro atoms. The highest BCUT2D eigenvalue weighted by molar-refractivity contribution is 7.92. The van der Waals surface area contributed by atoms with Crippen LogP contribution in [-0.2, 0) is 28.9 Å². The number of carbonyl (C=O) groups excluding carboxylic acids is 2. The zero-order valence-corrected chi connectivity index (χ0v) is 13.3. The largest absolute Gasteiger partial charge is 0.465 e. The lowest BCUT2D eigenvalue weighted by Crippen LogP contribution is -2.35. The van der Waals surface area contributed by atoms with E-state index in [1.807, 2.05) is 0 Å². The van der Waals surface area contributed by atoms with Gasteiger partial charge in [0.25, 0.3) is 0 Å². The van der Waals surface area contributed by atoms with Crippen LogP contribution < -0.4 is 0 Å². The van der Waals surface area contributed by atoms with E-state index in [1.165, 1.54) is 12.1 Å². The van der Waals surface area contributed by atoms with Gasteiger partial charge >= 0.3 is 11.9 Å². The van der Waals surface area contributed by atoms with E-state index in [0.717, 1.165) is 0 Å². The fraction of sp³-hybridized carbons (Fsp3) is 0.467. The summed E-state index contributed by atoms with van der Waals surface area (Å²) in [5, 5.41) is -1.14. The maximum Gasteiger partial charge on any atom is 0.324 e. The Balaban J connectivity index is 2.37. The van der Waals surface area contributed by atoms with Gasteiger partial charge < -0.3 is 9.47 Å². The van der Waals surface area contributed by atoms with Gasteiger partial charge in [-0.15, -0.1) is 0 Å². The molecule has 0 unspecified atom stereocenters. The second kappa shape index (κ2) is 6.08. The van der Waals surface area contributed by atoms with Crippen LogP contribution in [0.4, 0.5) is 0 Å². The Labute approximate surface area is 129 Å². The van der Waals surface area contributed by atoms with Crippen LogP contribution in [0.15, 0.2) is 35.2 Å². The second-order valence-corrected chi connectivity index (χ2v) is 7.09. The highest BCUT2D eigenvalue weighted by Gasteiger charge is 2.73. The Morgan fingerprint density at radius 3 is 2.05 bits per heavy atom. The van der Waals surface area contributed by atoms with E-state index >= 15 is 0 Å². The molecule has 1 saturated carbocycles. The summed E-state index contributed by atoms with van der Waals surface area (Å²) in [4.78, 5) is 24.4. The van der Waals surface area contributed by atoms with Gasteiger partial charge in [0.15, 0.2) is 15.3 Å². The minimum atomic E-state index is -3.80. The molecule has 1 atom stereocenters. The molecule has 0 radical (unpaired) electrons. The van der Waals surface area contributed by atoms with E-state index in [-0.39, 0.29) is 24.5 Å². The number of ether oxygens (including phenoxy) is 2. The molecule has 0 saturated heterocycles. The van der Waals surface area contributed by atoms with Crippen LogP contribution in [0.25, 0.3) is 0 Å². The molecule has 0 aromatic heterocycles. The SMILES string of the molecule is CCOC(=O)C1(C(=O)OCC)C[C@H]1S(=O)(=O)c1ccccc1. The van der Waals surface area contributed by atoms with Crippen LogP contribution in [0.3, 0.4) is 0 Å². The highest BCUT2D eigenvalue weighted by atomic mass is 32.2. The van der Waals surface area contributed by atoms with Gasteiger partial charge in [-0.3, -0.25) is 9.59 Å². The fourth-order valence-corrected chi connectivity index (χ4v) is 4.48. The van der Waals surface area contributed by atoms with Crippen molar-refractivity contribution in [1.29, 1.82) is 0 Å². The fourth-order valence-electron chi connectivity index (χ4n) is 2.42. The van der Waals surface area contributed by atoms with Crippen molar-refractivity contribution in [3.8, 4) is 0 Å². The Bertz CT molecular complexity index is 647. The third-order valence-corrected chi connectivity index (χ3v) is 5.87. The third-order valence-electron chi connectivity index (χ3n) is 3.62. The Kier molecular flexibility index (Phi) is 4.55. The third kappa shape index (κ3) is 2.61. The molecule has 1 aromatic carbocycles. The summed E-state index contributed by atoms with van der Waals surface area (Å²) in [6, 6.07) is 7.75. The number of benzene rings is 1. The summed E-state index contributed by atoms with van der Waals surface area (Å²) in [5.74, 6) is -1.67. The van der Waals surface area contributed by atoms with Gasteiger partial charge in [0.05, 0.1) is 23.4 Å². The molecule has 1 aliphatic rings. The van der Waals surface area contributed by atoms with Gasteiger partial charge in [-0.25, -0.2) is 8.42 Å². The Morgan fingerprint density at radius 2 is 1.59 bits per heavy atom. The standard InChI is InChI=1S/C15H18O6S/c1-3-20-13(16)15(14(17)21-4-2)10-12(15)22(18,19)11-8-6-5-7-9-11/h5-9,12H,3-4,10H2,1-2H3/t12-/m1/s1. The first-order chi connectivity index (χ1) is 10.4. The van der Waals surface area contributed by atoms with Gasteiger partial charge in [-0.1, -0.05) is 18.2 Å². The lowest BCUT2D eigenvalue weighted by molar-refractivity contribution is -0.163. The van der Waals surface area contributed by atoms with E-state index in [4.69, 9.17) is 9.47 Å². The number of esters is 2. The van der Waals surface area contributed by atoms with Crippen LogP contribution in [0.5, 0.6) is 0 Å². The summed E-state index contributed by atoms with van der Waals surface area (Å²) >= 11 is 0. The van der Waals surface area contributed by atoms with Crippen LogP contribution >= 0.6 is 0 Å². The minimum Gasteiger partial charge on any atom is -0.465 e. The quantitative estimate of drug-likeness (QED) is 0.579. The van der Waals surface area contributed by atoms with E-state index < -0.39 is 32.4 Å². The first kappa shape index (κ1) is 16.5. The average Bonchev–Trinajstić information content (AvgIpc) is 3.26. The highest BCUT2D eigenvalue weighted by Crippen LogP contribution is 2.54. The smallest absolute Gasteiger partial charge is 0.324 e. The monoisotopic (exact) mass is 326 g/mol. The molecule has 6 nitrogen and oxygen atoms in total. The van der Waals surface area contributed by atoms with Crippen LogP contribution in [0, 0.1) is 5.41 Å². The minimum absolute atomic E-state index is 0.0676. The molecule has 0 amide bonds. The maximum atomic E-state index is 12.6. The number of sulfone groups is 1. The van der Waals surface area contributed by atoms with E-state index in [0.29, 0.717) is 0 Å². The summed E-state index contributed by atoms with van der Waals surface area (Å²) in [5.41, 5.74) is -1.74. The van der Waals surface area contributed by atoms with Crippen LogP contribution in [-0.4, -0.2) is 38.8 Å². The lowest BCUT2D eigenvalue weighted by Gasteiger charge is -2.14. The van der Waals surface area contributed by atoms with E-state index in [1.54, 1.807) is 32.0 Å². The maximum absolute atomic E-state index is 12.6. The van der Waals surface area contributed by atoms with Crippen LogP contribution in [0.1, 0.15) is 20.3 Å². The first-order valence-electron chi connectivity index (χ1n) is 7.04. The Morgan fingerprint density at radius 1 is 1.09 bits per heavy atom.